The maximum Gasteiger partial charge on any atom is 0.274 e. The van der Waals surface area contributed by atoms with E-state index in [-0.39, 0.29) is 21.4 Å². The molecule has 1 heterocycles. The molecule has 1 aromatic carbocycles. The largest absolute Gasteiger partial charge is 0.274 e. The van der Waals surface area contributed by atoms with Crippen molar-refractivity contribution in [3.05, 3.63) is 56.2 Å². The zero-order valence-corrected chi connectivity index (χ0v) is 10.5. The van der Waals surface area contributed by atoms with Crippen LogP contribution in [0.25, 0.3) is 11.3 Å². The summed E-state index contributed by atoms with van der Waals surface area (Å²) in [5, 5.41) is 10.4. The Bertz CT molecular complexity index is 680. The Morgan fingerprint density at radius 1 is 1.21 bits per heavy atom. The van der Waals surface area contributed by atoms with Crippen molar-refractivity contribution in [2.24, 2.45) is 0 Å². The van der Waals surface area contributed by atoms with E-state index in [0.717, 1.165) is 24.3 Å². The van der Waals surface area contributed by atoms with Gasteiger partial charge in [0.15, 0.2) is 11.6 Å². The van der Waals surface area contributed by atoms with Crippen molar-refractivity contribution < 1.29 is 13.7 Å². The molecule has 0 amide bonds. The Balaban J connectivity index is 2.72. The van der Waals surface area contributed by atoms with E-state index in [1.807, 2.05) is 0 Å². The lowest BCUT2D eigenvalue weighted by Gasteiger charge is -2.06. The van der Waals surface area contributed by atoms with E-state index in [2.05, 4.69) is 4.98 Å². The Morgan fingerprint density at radius 2 is 1.89 bits per heavy atom. The van der Waals surface area contributed by atoms with Crippen LogP contribution in [0.1, 0.15) is 0 Å². The first-order chi connectivity index (χ1) is 8.90. The second-order valence-electron chi connectivity index (χ2n) is 3.51. The topological polar surface area (TPSA) is 56.0 Å². The van der Waals surface area contributed by atoms with Gasteiger partial charge in [-0.2, -0.15) is 0 Å². The maximum atomic E-state index is 13.7. The van der Waals surface area contributed by atoms with Gasteiger partial charge in [-0.15, -0.1) is 0 Å². The summed E-state index contributed by atoms with van der Waals surface area (Å²) in [6, 6.07) is 3.94. The van der Waals surface area contributed by atoms with Gasteiger partial charge in [-0.25, -0.2) is 13.8 Å². The molecular weight excluding hydrogens is 301 g/mol. The average Bonchev–Trinajstić information content (AvgIpc) is 2.34. The molecule has 2 rings (SSSR count). The Morgan fingerprint density at radius 3 is 2.53 bits per heavy atom. The fraction of sp³-hybridized carbons (Fsp3) is 0. The Kier molecular flexibility index (Phi) is 3.64. The van der Waals surface area contributed by atoms with Crippen LogP contribution in [-0.2, 0) is 0 Å². The van der Waals surface area contributed by atoms with Crippen LogP contribution >= 0.6 is 23.2 Å². The third kappa shape index (κ3) is 2.64. The first kappa shape index (κ1) is 13.6. The third-order valence-corrected chi connectivity index (χ3v) is 2.80. The van der Waals surface area contributed by atoms with Crippen molar-refractivity contribution >= 4 is 28.9 Å². The summed E-state index contributed by atoms with van der Waals surface area (Å²) in [4.78, 5) is 13.7. The van der Waals surface area contributed by atoms with Crippen LogP contribution in [0.2, 0.25) is 10.2 Å². The number of hydrogen-bond donors (Lipinski definition) is 0. The summed E-state index contributed by atoms with van der Waals surface area (Å²) in [5.41, 5.74) is -0.969. The summed E-state index contributed by atoms with van der Waals surface area (Å²) in [6.45, 7) is 0. The Labute approximate surface area is 115 Å². The zero-order valence-electron chi connectivity index (χ0n) is 9.03. The maximum absolute atomic E-state index is 13.7. The fourth-order valence-corrected chi connectivity index (χ4v) is 1.92. The van der Waals surface area contributed by atoms with Gasteiger partial charge in [-0.3, -0.25) is 10.1 Å². The van der Waals surface area contributed by atoms with E-state index in [9.17, 15) is 18.9 Å². The molecule has 0 aliphatic carbocycles. The van der Waals surface area contributed by atoms with Crippen molar-refractivity contribution in [1.82, 2.24) is 4.98 Å². The number of nitrogens with zero attached hydrogens (tertiary/aromatic N) is 2. The molecule has 0 N–H and O–H groups in total. The summed E-state index contributed by atoms with van der Waals surface area (Å²) in [7, 11) is 0. The quantitative estimate of drug-likeness (QED) is 0.361. The fourth-order valence-electron chi connectivity index (χ4n) is 1.48. The molecule has 0 fully saturated rings. The molecule has 98 valence electrons. The van der Waals surface area contributed by atoms with E-state index < -0.39 is 22.2 Å². The van der Waals surface area contributed by atoms with Crippen molar-refractivity contribution in [2.45, 2.75) is 0 Å². The van der Waals surface area contributed by atoms with E-state index in [0.29, 0.717) is 0 Å². The van der Waals surface area contributed by atoms with Crippen LogP contribution in [0.4, 0.5) is 14.5 Å². The standard InChI is InChI=1S/C11H4Cl2F2N2O2/c12-6-1-2-7(14)11(15)10(6)8-3-5(17(18)19)4-9(13)16-8/h1-4H. The molecule has 0 aliphatic rings. The van der Waals surface area contributed by atoms with Gasteiger partial charge in [0.05, 0.1) is 27.3 Å². The summed E-state index contributed by atoms with van der Waals surface area (Å²) < 4.78 is 26.9. The molecule has 0 radical (unpaired) electrons. The molecule has 0 aliphatic heterocycles. The number of halogens is 4. The van der Waals surface area contributed by atoms with Gasteiger partial charge in [0.2, 0.25) is 0 Å². The molecule has 0 saturated carbocycles. The highest BCUT2D eigenvalue weighted by Crippen LogP contribution is 2.33. The molecule has 8 heteroatoms. The lowest BCUT2D eigenvalue weighted by Crippen LogP contribution is -1.96. The molecule has 2 aromatic rings. The zero-order chi connectivity index (χ0) is 14.2. The van der Waals surface area contributed by atoms with Gasteiger partial charge >= 0.3 is 0 Å². The van der Waals surface area contributed by atoms with Crippen molar-refractivity contribution in [2.75, 3.05) is 0 Å². The molecule has 0 unspecified atom stereocenters. The van der Waals surface area contributed by atoms with Gasteiger partial charge in [-0.1, -0.05) is 23.2 Å². The van der Waals surface area contributed by atoms with E-state index in [1.165, 1.54) is 0 Å². The van der Waals surface area contributed by atoms with E-state index in [1.54, 1.807) is 0 Å². The Hall–Kier alpha value is -1.79. The highest BCUT2D eigenvalue weighted by molar-refractivity contribution is 6.33. The van der Waals surface area contributed by atoms with Crippen LogP contribution in [0, 0.1) is 21.7 Å². The van der Waals surface area contributed by atoms with Crippen molar-refractivity contribution in [3.8, 4) is 11.3 Å². The number of aromatic nitrogens is 1. The highest BCUT2D eigenvalue weighted by Gasteiger charge is 2.19. The first-order valence-electron chi connectivity index (χ1n) is 4.86. The van der Waals surface area contributed by atoms with Gasteiger partial charge in [0, 0.05) is 6.07 Å². The predicted octanol–water partition coefficient (Wildman–Crippen LogP) is 4.24. The van der Waals surface area contributed by atoms with Gasteiger partial charge in [0.25, 0.3) is 5.69 Å². The van der Waals surface area contributed by atoms with Crippen LogP contribution in [0.3, 0.4) is 0 Å². The van der Waals surface area contributed by atoms with Crippen molar-refractivity contribution in [1.29, 1.82) is 0 Å². The van der Waals surface area contributed by atoms with Crippen LogP contribution < -0.4 is 0 Å². The molecule has 1 aromatic heterocycles. The monoisotopic (exact) mass is 304 g/mol. The molecule has 4 nitrogen and oxygen atoms in total. The average molecular weight is 305 g/mol. The SMILES string of the molecule is O=[N+]([O-])c1cc(Cl)nc(-c2c(Cl)ccc(F)c2F)c1. The minimum atomic E-state index is -1.24. The molecule has 0 spiro atoms. The number of pyridine rings is 1. The summed E-state index contributed by atoms with van der Waals surface area (Å²) in [6.07, 6.45) is 0. The normalized spacial score (nSPS) is 10.5. The molecule has 19 heavy (non-hydrogen) atoms. The second kappa shape index (κ2) is 5.07. The molecule has 0 saturated heterocycles. The van der Waals surface area contributed by atoms with E-state index >= 15 is 0 Å². The highest BCUT2D eigenvalue weighted by atomic mass is 35.5. The molecule has 0 bridgehead atoms. The number of nitro groups is 1. The van der Waals surface area contributed by atoms with Gasteiger partial charge < -0.3 is 0 Å². The smallest absolute Gasteiger partial charge is 0.258 e. The molecule has 0 atom stereocenters. The van der Waals surface area contributed by atoms with Gasteiger partial charge in [0.1, 0.15) is 5.15 Å². The second-order valence-corrected chi connectivity index (χ2v) is 4.30. The number of benzene rings is 1. The van der Waals surface area contributed by atoms with Gasteiger partial charge in [-0.05, 0) is 12.1 Å². The first-order valence-corrected chi connectivity index (χ1v) is 5.61. The third-order valence-electron chi connectivity index (χ3n) is 2.29. The minimum absolute atomic E-state index is 0.122. The minimum Gasteiger partial charge on any atom is -0.258 e. The molecular formula is C11H4Cl2F2N2O2. The lowest BCUT2D eigenvalue weighted by atomic mass is 10.1. The lowest BCUT2D eigenvalue weighted by molar-refractivity contribution is -0.384. The van der Waals surface area contributed by atoms with E-state index in [4.69, 9.17) is 23.2 Å². The van der Waals surface area contributed by atoms with Crippen molar-refractivity contribution in [3.63, 3.8) is 0 Å². The van der Waals surface area contributed by atoms with Crippen LogP contribution in [0.15, 0.2) is 24.3 Å². The van der Waals surface area contributed by atoms with Crippen LogP contribution in [0.5, 0.6) is 0 Å². The summed E-state index contributed by atoms with van der Waals surface area (Å²) >= 11 is 11.4. The predicted molar refractivity (Wildman–Crippen MR) is 66.3 cm³/mol. The number of rotatable bonds is 2. The number of hydrogen-bond acceptors (Lipinski definition) is 3. The van der Waals surface area contributed by atoms with Crippen LogP contribution in [-0.4, -0.2) is 9.91 Å². The summed E-state index contributed by atoms with van der Waals surface area (Å²) in [5.74, 6) is -2.37.